The van der Waals surface area contributed by atoms with Gasteiger partial charge in [-0.1, -0.05) is 30.0 Å². The third-order valence-corrected chi connectivity index (χ3v) is 7.37. The monoisotopic (exact) mass is 546 g/mol. The van der Waals surface area contributed by atoms with E-state index >= 15 is 0 Å². The van der Waals surface area contributed by atoms with Gasteiger partial charge < -0.3 is 15.5 Å². The summed E-state index contributed by atoms with van der Waals surface area (Å²) in [6.07, 6.45) is 1.57. The summed E-state index contributed by atoms with van der Waals surface area (Å²) in [5, 5.41) is 23.1. The number of amides is 2. The maximum Gasteiger partial charge on any atom is 0.335 e. The number of carboxylic acids is 1. The molecule has 0 aliphatic carbocycles. The number of hydrogen-bond acceptors (Lipinski definition) is 7. The highest BCUT2D eigenvalue weighted by molar-refractivity contribution is 8.26. The van der Waals surface area contributed by atoms with Gasteiger partial charge in [-0.05, 0) is 65.0 Å². The molecule has 1 atom stereocenters. The van der Waals surface area contributed by atoms with Gasteiger partial charge in [-0.3, -0.25) is 14.5 Å². The summed E-state index contributed by atoms with van der Waals surface area (Å²) in [4.78, 5) is 38.7. The minimum atomic E-state index is -1.30. The molecule has 2 aromatic carbocycles. The molecule has 184 valence electrons. The second kappa shape index (κ2) is 10.7. The van der Waals surface area contributed by atoms with Crippen molar-refractivity contribution >= 4 is 69.2 Å². The molecule has 1 aliphatic rings. The van der Waals surface area contributed by atoms with Crippen LogP contribution in [0.4, 0.5) is 14.5 Å². The standard InChI is InChI=1S/C24H16F2N2O5S3/c25-17-6-3-13(8-18(17)26)14-7-16(35-11-14)9-20-22(31)28(24(34)36-20)19(10-29)21(30)27-15-4-1-12(2-5-15)23(32)33/h1-9,11,19,29H,10H2,(H,27,30)(H,32,33)/b20-9-/t19-/m1/s1. The van der Waals surface area contributed by atoms with Gasteiger partial charge in [-0.2, -0.15) is 0 Å². The third-order valence-electron chi connectivity index (χ3n) is 5.16. The van der Waals surface area contributed by atoms with Crippen LogP contribution in [0.3, 0.4) is 0 Å². The van der Waals surface area contributed by atoms with E-state index in [1.54, 1.807) is 17.5 Å². The van der Waals surface area contributed by atoms with Gasteiger partial charge in [-0.25, -0.2) is 13.6 Å². The van der Waals surface area contributed by atoms with Gasteiger partial charge in [0.1, 0.15) is 10.4 Å². The molecule has 1 aromatic heterocycles. The summed E-state index contributed by atoms with van der Waals surface area (Å²) < 4.78 is 26.9. The van der Waals surface area contributed by atoms with Gasteiger partial charge >= 0.3 is 5.97 Å². The van der Waals surface area contributed by atoms with Crippen LogP contribution < -0.4 is 5.32 Å². The fraction of sp³-hybridized carbons (Fsp3) is 0.0833. The first-order valence-corrected chi connectivity index (χ1v) is 12.3. The summed E-state index contributed by atoms with van der Waals surface area (Å²) in [6, 6.07) is 9.37. The van der Waals surface area contributed by atoms with Crippen molar-refractivity contribution in [3.63, 3.8) is 0 Å². The molecule has 0 spiro atoms. The van der Waals surface area contributed by atoms with Crippen molar-refractivity contribution < 1.29 is 33.4 Å². The number of benzene rings is 2. The van der Waals surface area contributed by atoms with Crippen molar-refractivity contribution in [2.45, 2.75) is 6.04 Å². The first-order chi connectivity index (χ1) is 17.2. The van der Waals surface area contributed by atoms with Crippen LogP contribution >= 0.6 is 35.3 Å². The molecule has 2 heterocycles. The van der Waals surface area contributed by atoms with Gasteiger partial charge in [0.25, 0.3) is 5.91 Å². The van der Waals surface area contributed by atoms with Crippen molar-refractivity contribution in [2.24, 2.45) is 0 Å². The zero-order valence-corrected chi connectivity index (χ0v) is 20.6. The molecule has 1 saturated heterocycles. The SMILES string of the molecule is O=C(O)c1ccc(NC(=O)[C@@H](CO)N2C(=O)/C(=C/c3cc(-c4ccc(F)c(F)c4)cs3)SC2=S)cc1. The Hall–Kier alpha value is -3.45. The number of halogens is 2. The highest BCUT2D eigenvalue weighted by Crippen LogP contribution is 2.36. The molecule has 2 amide bonds. The molecule has 4 rings (SSSR count). The maximum atomic E-state index is 13.6. The average Bonchev–Trinajstić information content (AvgIpc) is 3.42. The van der Waals surface area contributed by atoms with Gasteiger partial charge in [0, 0.05) is 10.6 Å². The number of thiophene rings is 1. The highest BCUT2D eigenvalue weighted by atomic mass is 32.2. The Kier molecular flexibility index (Phi) is 7.59. The number of thioether (sulfide) groups is 1. The van der Waals surface area contributed by atoms with E-state index < -0.39 is 42.1 Å². The number of aliphatic hydroxyl groups excluding tert-OH is 1. The van der Waals surface area contributed by atoms with Crippen LogP contribution in [0.2, 0.25) is 0 Å². The molecule has 0 unspecified atom stereocenters. The van der Waals surface area contributed by atoms with E-state index in [4.69, 9.17) is 17.3 Å². The number of hydrogen-bond donors (Lipinski definition) is 3. The van der Waals surface area contributed by atoms with Crippen molar-refractivity contribution in [1.82, 2.24) is 4.90 Å². The van der Waals surface area contributed by atoms with Crippen LogP contribution in [0.1, 0.15) is 15.2 Å². The molecular formula is C24H16F2N2O5S3. The summed E-state index contributed by atoms with van der Waals surface area (Å²) in [6.45, 7) is -0.696. The second-order valence-corrected chi connectivity index (χ2v) is 10.1. The molecule has 0 radical (unpaired) electrons. The lowest BCUT2D eigenvalue weighted by Crippen LogP contribution is -2.48. The number of thiocarbonyl (C=S) groups is 1. The van der Waals surface area contributed by atoms with E-state index in [1.165, 1.54) is 41.7 Å². The van der Waals surface area contributed by atoms with Gasteiger partial charge in [0.05, 0.1) is 17.1 Å². The van der Waals surface area contributed by atoms with E-state index in [9.17, 15) is 28.3 Å². The predicted molar refractivity (Wildman–Crippen MR) is 138 cm³/mol. The van der Waals surface area contributed by atoms with Gasteiger partial charge in [0.2, 0.25) is 5.91 Å². The summed E-state index contributed by atoms with van der Waals surface area (Å²) in [5.41, 5.74) is 1.44. The van der Waals surface area contributed by atoms with Crippen LogP contribution in [-0.4, -0.2) is 49.9 Å². The summed E-state index contributed by atoms with van der Waals surface area (Å²) in [5.74, 6) is -4.30. The number of rotatable bonds is 7. The van der Waals surface area contributed by atoms with Crippen molar-refractivity contribution in [1.29, 1.82) is 0 Å². The lowest BCUT2D eigenvalue weighted by Gasteiger charge is -2.24. The molecule has 1 aliphatic heterocycles. The van der Waals surface area contributed by atoms with Crippen molar-refractivity contribution in [2.75, 3.05) is 11.9 Å². The largest absolute Gasteiger partial charge is 0.478 e. The van der Waals surface area contributed by atoms with Crippen molar-refractivity contribution in [3.8, 4) is 11.1 Å². The van der Waals surface area contributed by atoms with Crippen LogP contribution in [0.15, 0.2) is 58.8 Å². The third kappa shape index (κ3) is 5.36. The fourth-order valence-electron chi connectivity index (χ4n) is 3.34. The zero-order valence-electron chi connectivity index (χ0n) is 18.1. The Morgan fingerprint density at radius 2 is 1.81 bits per heavy atom. The first-order valence-electron chi connectivity index (χ1n) is 10.2. The Labute approximate surface area is 217 Å². The minimum absolute atomic E-state index is 0.0371. The van der Waals surface area contributed by atoms with Gasteiger partial charge in [-0.15, -0.1) is 11.3 Å². The second-order valence-electron chi connectivity index (χ2n) is 7.49. The number of carbonyl (C=O) groups is 3. The molecule has 7 nitrogen and oxygen atoms in total. The predicted octanol–water partition coefficient (Wildman–Crippen LogP) is 4.59. The summed E-state index contributed by atoms with van der Waals surface area (Å²) >= 11 is 7.54. The van der Waals surface area contributed by atoms with Crippen LogP contribution in [0.5, 0.6) is 0 Å². The van der Waals surface area contributed by atoms with E-state index in [2.05, 4.69) is 5.32 Å². The normalized spacial score (nSPS) is 15.4. The lowest BCUT2D eigenvalue weighted by atomic mass is 10.1. The fourth-order valence-corrected chi connectivity index (χ4v) is 5.61. The van der Waals surface area contributed by atoms with E-state index in [1.807, 2.05) is 0 Å². The molecule has 0 bridgehead atoms. The summed E-state index contributed by atoms with van der Waals surface area (Å²) in [7, 11) is 0. The topological polar surface area (TPSA) is 107 Å². The number of anilines is 1. The zero-order chi connectivity index (χ0) is 26.0. The molecule has 3 N–H and O–H groups in total. The Morgan fingerprint density at radius 1 is 1.08 bits per heavy atom. The molecule has 36 heavy (non-hydrogen) atoms. The number of nitrogens with one attached hydrogen (secondary N) is 1. The minimum Gasteiger partial charge on any atom is -0.478 e. The van der Waals surface area contributed by atoms with E-state index in [0.29, 0.717) is 16.0 Å². The average molecular weight is 547 g/mol. The molecule has 12 heteroatoms. The first kappa shape index (κ1) is 25.6. The van der Waals surface area contributed by atoms with Gasteiger partial charge in [0.15, 0.2) is 11.6 Å². The molecule has 0 saturated carbocycles. The van der Waals surface area contributed by atoms with Crippen molar-refractivity contribution in [3.05, 3.63) is 80.9 Å². The molecule has 1 fully saturated rings. The number of aromatic carboxylic acids is 1. The number of carboxylic acid groups (broad SMARTS) is 1. The molecule has 3 aromatic rings. The Balaban J connectivity index is 1.50. The van der Waals surface area contributed by atoms with E-state index in [0.717, 1.165) is 28.8 Å². The maximum absolute atomic E-state index is 13.6. The van der Waals surface area contributed by atoms with Crippen LogP contribution in [0, 0.1) is 11.6 Å². The Bertz CT molecular complexity index is 1400. The number of aliphatic hydroxyl groups is 1. The quantitative estimate of drug-likeness (QED) is 0.294. The number of nitrogens with zero attached hydrogens (tertiary/aromatic N) is 1. The van der Waals surface area contributed by atoms with E-state index in [-0.39, 0.29) is 20.5 Å². The smallest absolute Gasteiger partial charge is 0.335 e. The van der Waals surface area contributed by atoms with Crippen LogP contribution in [-0.2, 0) is 9.59 Å². The Morgan fingerprint density at radius 3 is 2.44 bits per heavy atom. The number of carbonyl (C=O) groups excluding carboxylic acids is 2. The molecular weight excluding hydrogens is 530 g/mol. The highest BCUT2D eigenvalue weighted by Gasteiger charge is 2.40. The lowest BCUT2D eigenvalue weighted by molar-refractivity contribution is -0.131. The van der Waals surface area contributed by atoms with Crippen LogP contribution in [0.25, 0.3) is 17.2 Å².